The molecule has 0 aliphatic carbocycles. The Labute approximate surface area is 369 Å². The van der Waals surface area contributed by atoms with Gasteiger partial charge in [-0.3, -0.25) is 9.59 Å². The van der Waals surface area contributed by atoms with Crippen LogP contribution in [0, 0.1) is 0 Å². The number of esters is 2. The molecule has 0 aromatic carbocycles. The van der Waals surface area contributed by atoms with Gasteiger partial charge >= 0.3 is 11.9 Å². The second-order valence-electron chi connectivity index (χ2n) is 15.8. The third-order valence-corrected chi connectivity index (χ3v) is 10.3. The van der Waals surface area contributed by atoms with Crippen LogP contribution in [0.25, 0.3) is 0 Å². The quantitative estimate of drug-likeness (QED) is 0.0268. The molecule has 0 radical (unpaired) electrons. The lowest BCUT2D eigenvalue weighted by Gasteiger charge is -2.39. The highest BCUT2D eigenvalue weighted by atomic mass is 16.7. The van der Waals surface area contributed by atoms with Crippen molar-refractivity contribution in [3.8, 4) is 0 Å². The molecular formula is C51H84O10. The Kier molecular flexibility index (Phi) is 37.5. The van der Waals surface area contributed by atoms with Crippen molar-refractivity contribution < 1.29 is 49.0 Å². The van der Waals surface area contributed by atoms with E-state index in [1.807, 2.05) is 0 Å². The molecule has 0 amide bonds. The average Bonchev–Trinajstić information content (AvgIpc) is 3.26. The summed E-state index contributed by atoms with van der Waals surface area (Å²) >= 11 is 0. The summed E-state index contributed by atoms with van der Waals surface area (Å²) in [5.74, 6) is -0.841. The summed E-state index contributed by atoms with van der Waals surface area (Å²) in [5.41, 5.74) is 0. The fourth-order valence-electron chi connectivity index (χ4n) is 6.60. The Morgan fingerprint density at radius 2 is 0.918 bits per heavy atom. The highest BCUT2D eigenvalue weighted by molar-refractivity contribution is 5.70. The van der Waals surface area contributed by atoms with Gasteiger partial charge < -0.3 is 39.4 Å². The summed E-state index contributed by atoms with van der Waals surface area (Å²) in [4.78, 5) is 25.4. The Morgan fingerprint density at radius 1 is 0.508 bits per heavy atom. The van der Waals surface area contributed by atoms with Gasteiger partial charge in [-0.1, -0.05) is 157 Å². The molecule has 0 bridgehead atoms. The van der Waals surface area contributed by atoms with Crippen LogP contribution in [0.2, 0.25) is 0 Å². The van der Waals surface area contributed by atoms with E-state index >= 15 is 0 Å². The van der Waals surface area contributed by atoms with Crippen LogP contribution >= 0.6 is 0 Å². The smallest absolute Gasteiger partial charge is 0.306 e. The van der Waals surface area contributed by atoms with E-state index in [4.69, 9.17) is 18.9 Å². The van der Waals surface area contributed by atoms with E-state index < -0.39 is 55.4 Å². The number of hydrogen-bond donors (Lipinski definition) is 4. The van der Waals surface area contributed by atoms with Crippen LogP contribution in [0.15, 0.2) is 85.1 Å². The minimum absolute atomic E-state index is 0.207. The molecular weight excluding hydrogens is 773 g/mol. The summed E-state index contributed by atoms with van der Waals surface area (Å²) in [6, 6.07) is 0. The number of unbranched alkanes of at least 4 members (excludes halogenated alkanes) is 13. The number of aliphatic hydroxyl groups is 4. The molecule has 1 aliphatic rings. The lowest BCUT2D eigenvalue weighted by molar-refractivity contribution is -0.305. The molecule has 10 heteroatoms. The van der Waals surface area contributed by atoms with Gasteiger partial charge in [-0.15, -0.1) is 0 Å². The van der Waals surface area contributed by atoms with Crippen molar-refractivity contribution in [3.05, 3.63) is 85.1 Å². The predicted octanol–water partition coefficient (Wildman–Crippen LogP) is 10.6. The number of ether oxygens (including phenoxy) is 4. The maximum Gasteiger partial charge on any atom is 0.306 e. The minimum atomic E-state index is -1.60. The highest BCUT2D eigenvalue weighted by Gasteiger charge is 2.44. The van der Waals surface area contributed by atoms with Crippen LogP contribution in [0.1, 0.15) is 168 Å². The van der Waals surface area contributed by atoms with Crippen LogP contribution in [-0.4, -0.2) is 89.0 Å². The van der Waals surface area contributed by atoms with Gasteiger partial charge in [0.25, 0.3) is 0 Å². The summed E-state index contributed by atoms with van der Waals surface area (Å²) in [6.07, 6.45) is 45.8. The lowest BCUT2D eigenvalue weighted by atomic mass is 9.99. The maximum atomic E-state index is 12.8. The first-order valence-electron chi connectivity index (χ1n) is 23.7. The molecule has 1 aliphatic heterocycles. The monoisotopic (exact) mass is 857 g/mol. The third kappa shape index (κ3) is 32.3. The molecule has 6 unspecified atom stereocenters. The van der Waals surface area contributed by atoms with Crippen LogP contribution in [0.4, 0.5) is 0 Å². The molecule has 0 aromatic rings. The number of hydrogen-bond acceptors (Lipinski definition) is 10. The van der Waals surface area contributed by atoms with Gasteiger partial charge in [-0.2, -0.15) is 0 Å². The van der Waals surface area contributed by atoms with E-state index in [0.717, 1.165) is 109 Å². The van der Waals surface area contributed by atoms with Crippen molar-refractivity contribution in [2.24, 2.45) is 0 Å². The van der Waals surface area contributed by atoms with Gasteiger partial charge in [-0.25, -0.2) is 0 Å². The molecule has 4 N–H and O–H groups in total. The molecule has 1 heterocycles. The van der Waals surface area contributed by atoms with Crippen molar-refractivity contribution in [1.29, 1.82) is 0 Å². The van der Waals surface area contributed by atoms with E-state index in [2.05, 4.69) is 98.9 Å². The zero-order valence-electron chi connectivity index (χ0n) is 37.9. The van der Waals surface area contributed by atoms with Crippen LogP contribution < -0.4 is 0 Å². The standard InChI is InChI=1S/C51H84O10/c1-3-5-7-9-11-13-15-17-19-21-22-24-26-28-30-32-34-36-38-40-47(54)60-44(43-59-51-50(57)49(56)48(55)45(41-52)61-51)42-58-46(53)39-37-35-33-31-29-27-25-23-20-18-16-14-12-10-8-6-4-2/h5-8,11-14,17-20,22,24,44-45,48-52,55-57H,3-4,9-10,15-16,21,23,25-43H2,1-2H3/b7-5-,8-6-,13-11-,14-12-,19-17-,20-18-,24-22-. The van der Waals surface area contributed by atoms with E-state index in [0.29, 0.717) is 12.8 Å². The van der Waals surface area contributed by atoms with Gasteiger partial charge in [0.05, 0.1) is 13.2 Å². The van der Waals surface area contributed by atoms with E-state index in [1.165, 1.54) is 19.3 Å². The summed E-state index contributed by atoms with van der Waals surface area (Å²) in [6.45, 7) is 3.17. The SMILES string of the molecule is CC/C=C\C/C=C\C/C=C\C/C=C\CCCCCCCCC(=O)OC(COC(=O)CCCCCCCCC/C=C\C/C=C\C/C=C\CC)COC1OC(CO)C(O)C(O)C1O. The predicted molar refractivity (Wildman–Crippen MR) is 247 cm³/mol. The molecule has 1 saturated heterocycles. The third-order valence-electron chi connectivity index (χ3n) is 10.3. The van der Waals surface area contributed by atoms with Crippen LogP contribution in [0.5, 0.6) is 0 Å². The summed E-state index contributed by atoms with van der Waals surface area (Å²) < 4.78 is 22.2. The molecule has 10 nitrogen and oxygen atoms in total. The summed E-state index contributed by atoms with van der Waals surface area (Å²) in [5, 5.41) is 40.1. The Bertz CT molecular complexity index is 1270. The minimum Gasteiger partial charge on any atom is -0.462 e. The maximum absolute atomic E-state index is 12.8. The topological polar surface area (TPSA) is 152 Å². The Morgan fingerprint density at radius 3 is 1.38 bits per heavy atom. The number of carbonyl (C=O) groups excluding carboxylic acids is 2. The normalized spacial score (nSPS) is 20.5. The average molecular weight is 857 g/mol. The van der Waals surface area contributed by atoms with Crippen LogP contribution in [-0.2, 0) is 28.5 Å². The van der Waals surface area contributed by atoms with Crippen molar-refractivity contribution in [3.63, 3.8) is 0 Å². The first-order valence-corrected chi connectivity index (χ1v) is 23.7. The fourth-order valence-corrected chi connectivity index (χ4v) is 6.60. The molecule has 0 spiro atoms. The molecule has 0 aromatic heterocycles. The Balaban J connectivity index is 2.33. The van der Waals surface area contributed by atoms with Crippen molar-refractivity contribution in [2.75, 3.05) is 19.8 Å². The van der Waals surface area contributed by atoms with Crippen molar-refractivity contribution >= 4 is 11.9 Å². The second kappa shape index (κ2) is 40.9. The van der Waals surface area contributed by atoms with Crippen molar-refractivity contribution in [1.82, 2.24) is 0 Å². The number of carbonyl (C=O) groups is 2. The molecule has 6 atom stereocenters. The second-order valence-corrected chi connectivity index (χ2v) is 15.8. The van der Waals surface area contributed by atoms with Gasteiger partial charge in [0, 0.05) is 12.8 Å². The molecule has 0 saturated carbocycles. The van der Waals surface area contributed by atoms with Gasteiger partial charge in [-0.05, 0) is 83.5 Å². The molecule has 1 fully saturated rings. The van der Waals surface area contributed by atoms with Gasteiger partial charge in [0.1, 0.15) is 31.0 Å². The largest absolute Gasteiger partial charge is 0.462 e. The highest BCUT2D eigenvalue weighted by Crippen LogP contribution is 2.22. The van der Waals surface area contributed by atoms with E-state index in [-0.39, 0.29) is 26.1 Å². The van der Waals surface area contributed by atoms with Crippen molar-refractivity contribution in [2.45, 2.75) is 205 Å². The van der Waals surface area contributed by atoms with E-state index in [1.54, 1.807) is 0 Å². The Hall–Kier alpha value is -3.12. The number of aliphatic hydroxyl groups excluding tert-OH is 4. The van der Waals surface area contributed by atoms with Gasteiger partial charge in [0.15, 0.2) is 12.4 Å². The first kappa shape index (κ1) is 55.9. The summed E-state index contributed by atoms with van der Waals surface area (Å²) in [7, 11) is 0. The number of rotatable bonds is 38. The molecule has 1 rings (SSSR count). The van der Waals surface area contributed by atoms with E-state index in [9.17, 15) is 30.0 Å². The molecule has 61 heavy (non-hydrogen) atoms. The van der Waals surface area contributed by atoms with Gasteiger partial charge in [0.2, 0.25) is 0 Å². The fraction of sp³-hybridized carbons (Fsp3) is 0.686. The first-order chi connectivity index (χ1) is 29.8. The zero-order valence-corrected chi connectivity index (χ0v) is 37.9. The molecule has 348 valence electrons. The zero-order chi connectivity index (χ0) is 44.4. The lowest BCUT2D eigenvalue weighted by Crippen LogP contribution is -2.59. The van der Waals surface area contributed by atoms with Crippen LogP contribution in [0.3, 0.4) is 0 Å². The number of allylic oxidation sites excluding steroid dienone is 14.